The molecule has 0 radical (unpaired) electrons. The highest BCUT2D eigenvalue weighted by atomic mass is 31.2. The van der Waals surface area contributed by atoms with E-state index in [2.05, 4.69) is 12.2 Å². The van der Waals surface area contributed by atoms with Gasteiger partial charge in [-0.3, -0.25) is 13.8 Å². The number of carboxylic acids is 1. The molecule has 0 aromatic heterocycles. The molecular formula is C24H48NO8P. The lowest BCUT2D eigenvalue weighted by atomic mass is 10.0. The summed E-state index contributed by atoms with van der Waals surface area (Å²) in [5.41, 5.74) is 0. The standard InChI is InChI=1S/C24H48NO8P/c1-2-3-4-5-6-7-8-9-10-11-12-13-14-15-18-31-20-21(19-26)32-34(29,30)33-22-16-17-25-23(22)24(27)28/h21-23,25-26H,2-20H2,1H3,(H,27,28)(H,29,30)/t21-,22?,23-/m0/s1. The van der Waals surface area contributed by atoms with Gasteiger partial charge in [0.05, 0.1) is 19.3 Å². The van der Waals surface area contributed by atoms with Crippen molar-refractivity contribution in [2.75, 3.05) is 26.4 Å². The Kier molecular flexibility index (Phi) is 18.2. The Morgan fingerprint density at radius 1 is 0.971 bits per heavy atom. The smallest absolute Gasteiger partial charge is 0.472 e. The summed E-state index contributed by atoms with van der Waals surface area (Å²) in [6.45, 7) is 2.57. The number of aliphatic hydroxyl groups is 1. The average Bonchev–Trinajstić information content (AvgIpc) is 3.25. The van der Waals surface area contributed by atoms with E-state index in [0.29, 0.717) is 13.2 Å². The van der Waals surface area contributed by atoms with Gasteiger partial charge in [0, 0.05) is 6.61 Å². The maximum Gasteiger partial charge on any atom is 0.472 e. The average molecular weight is 510 g/mol. The van der Waals surface area contributed by atoms with Crippen molar-refractivity contribution >= 4 is 13.8 Å². The number of aliphatic hydroxyl groups excluding tert-OH is 1. The minimum atomic E-state index is -4.53. The van der Waals surface area contributed by atoms with Crippen LogP contribution in [0.5, 0.6) is 0 Å². The van der Waals surface area contributed by atoms with Gasteiger partial charge in [0.15, 0.2) is 0 Å². The van der Waals surface area contributed by atoms with Crippen molar-refractivity contribution in [1.29, 1.82) is 0 Å². The Morgan fingerprint density at radius 2 is 1.50 bits per heavy atom. The van der Waals surface area contributed by atoms with E-state index in [1.54, 1.807) is 0 Å². The molecule has 1 rings (SSSR count). The van der Waals surface area contributed by atoms with Gasteiger partial charge in [-0.05, 0) is 19.4 Å². The first-order valence-corrected chi connectivity index (χ1v) is 14.7. The minimum Gasteiger partial charge on any atom is -0.480 e. The maximum atomic E-state index is 12.2. The molecule has 1 fully saturated rings. The Bertz CT molecular complexity index is 565. The lowest BCUT2D eigenvalue weighted by Gasteiger charge is -2.23. The first-order chi connectivity index (χ1) is 16.4. The van der Waals surface area contributed by atoms with E-state index in [0.717, 1.165) is 12.8 Å². The number of phosphoric acid groups is 1. The van der Waals surface area contributed by atoms with Gasteiger partial charge in [-0.15, -0.1) is 0 Å². The van der Waals surface area contributed by atoms with Crippen LogP contribution < -0.4 is 5.32 Å². The lowest BCUT2D eigenvalue weighted by Crippen LogP contribution is -2.39. The fourth-order valence-corrected chi connectivity index (χ4v) is 5.28. The Hall–Kier alpha value is -0.540. The molecular weight excluding hydrogens is 461 g/mol. The fourth-order valence-electron chi connectivity index (χ4n) is 4.15. The van der Waals surface area contributed by atoms with Crippen molar-refractivity contribution in [1.82, 2.24) is 5.32 Å². The highest BCUT2D eigenvalue weighted by Gasteiger charge is 2.40. The van der Waals surface area contributed by atoms with Crippen molar-refractivity contribution in [3.8, 4) is 0 Å². The molecule has 0 amide bonds. The molecule has 1 saturated heterocycles. The Balaban J connectivity index is 2.00. The fraction of sp³-hybridized carbons (Fsp3) is 0.958. The van der Waals surface area contributed by atoms with Gasteiger partial charge in [0.25, 0.3) is 0 Å². The molecule has 0 bridgehead atoms. The molecule has 10 heteroatoms. The molecule has 1 aliphatic rings. The van der Waals surface area contributed by atoms with Crippen LogP contribution in [0.4, 0.5) is 0 Å². The zero-order chi connectivity index (χ0) is 25.1. The van der Waals surface area contributed by atoms with Gasteiger partial charge in [-0.25, -0.2) is 4.57 Å². The highest BCUT2D eigenvalue weighted by Crippen LogP contribution is 2.47. The summed E-state index contributed by atoms with van der Waals surface area (Å²) in [7, 11) is -4.53. The Labute approximate surface area is 205 Å². The van der Waals surface area contributed by atoms with E-state index in [1.165, 1.54) is 77.0 Å². The number of carboxylic acid groups (broad SMARTS) is 1. The summed E-state index contributed by atoms with van der Waals surface area (Å²) in [5.74, 6) is -1.15. The lowest BCUT2D eigenvalue weighted by molar-refractivity contribution is -0.141. The van der Waals surface area contributed by atoms with E-state index in [1.807, 2.05) is 0 Å². The van der Waals surface area contributed by atoms with E-state index in [-0.39, 0.29) is 13.0 Å². The molecule has 0 saturated carbocycles. The van der Waals surface area contributed by atoms with Crippen LogP contribution in [0.1, 0.15) is 103 Å². The predicted molar refractivity (Wildman–Crippen MR) is 132 cm³/mol. The number of hydrogen-bond donors (Lipinski definition) is 4. The topological polar surface area (TPSA) is 135 Å². The predicted octanol–water partition coefficient (Wildman–Crippen LogP) is 4.79. The third-order valence-electron chi connectivity index (χ3n) is 6.13. The molecule has 0 spiro atoms. The van der Waals surface area contributed by atoms with Crippen LogP contribution in [-0.2, 0) is 23.1 Å². The van der Waals surface area contributed by atoms with Crippen LogP contribution in [0.15, 0.2) is 0 Å². The van der Waals surface area contributed by atoms with Crippen molar-refractivity contribution in [2.24, 2.45) is 0 Å². The molecule has 9 nitrogen and oxygen atoms in total. The van der Waals surface area contributed by atoms with E-state index in [4.69, 9.17) is 18.9 Å². The van der Waals surface area contributed by atoms with Gasteiger partial charge in [-0.1, -0.05) is 90.4 Å². The second kappa shape index (κ2) is 19.6. The van der Waals surface area contributed by atoms with Crippen molar-refractivity contribution in [3.05, 3.63) is 0 Å². The first kappa shape index (κ1) is 31.5. The molecule has 0 aliphatic carbocycles. The van der Waals surface area contributed by atoms with Crippen LogP contribution in [0.25, 0.3) is 0 Å². The van der Waals surface area contributed by atoms with Crippen LogP contribution in [-0.4, -0.2) is 65.7 Å². The third-order valence-corrected chi connectivity index (χ3v) is 7.23. The second-order valence-corrected chi connectivity index (χ2v) is 10.6. The van der Waals surface area contributed by atoms with Crippen molar-refractivity contribution in [3.63, 3.8) is 0 Å². The summed E-state index contributed by atoms with van der Waals surface area (Å²) in [6, 6.07) is -1.06. The number of hydrogen-bond acceptors (Lipinski definition) is 7. The van der Waals surface area contributed by atoms with Crippen LogP contribution in [0.2, 0.25) is 0 Å². The number of carbonyl (C=O) groups is 1. The number of phosphoric ester groups is 1. The summed E-state index contributed by atoms with van der Waals surface area (Å²) >= 11 is 0. The van der Waals surface area contributed by atoms with Gasteiger partial charge in [0.2, 0.25) is 0 Å². The van der Waals surface area contributed by atoms with Gasteiger partial charge >= 0.3 is 13.8 Å². The molecule has 0 aromatic carbocycles. The van der Waals surface area contributed by atoms with E-state index >= 15 is 0 Å². The largest absolute Gasteiger partial charge is 0.480 e. The number of unbranched alkanes of at least 4 members (excludes halogenated alkanes) is 13. The maximum absolute atomic E-state index is 12.2. The highest BCUT2D eigenvalue weighted by molar-refractivity contribution is 7.47. The van der Waals surface area contributed by atoms with Gasteiger partial charge in [0.1, 0.15) is 12.1 Å². The third kappa shape index (κ3) is 15.5. The summed E-state index contributed by atoms with van der Waals surface area (Å²) in [4.78, 5) is 21.1. The van der Waals surface area contributed by atoms with Crippen LogP contribution >= 0.6 is 7.82 Å². The SMILES string of the molecule is CCCCCCCCCCCCCCCCOC[C@H](CO)OP(=O)(O)OC1CCN[C@@H]1C(=O)O. The molecule has 34 heavy (non-hydrogen) atoms. The van der Waals surface area contributed by atoms with Crippen molar-refractivity contribution in [2.45, 2.75) is 121 Å². The number of nitrogens with one attached hydrogen (secondary N) is 1. The number of aliphatic carboxylic acids is 1. The van der Waals surface area contributed by atoms with Crippen LogP contribution in [0, 0.1) is 0 Å². The quantitative estimate of drug-likeness (QED) is 0.113. The van der Waals surface area contributed by atoms with Crippen LogP contribution in [0.3, 0.4) is 0 Å². The molecule has 0 aromatic rings. The second-order valence-electron chi connectivity index (χ2n) is 9.25. The minimum absolute atomic E-state index is 0.0336. The molecule has 2 unspecified atom stereocenters. The Morgan fingerprint density at radius 3 is 2.00 bits per heavy atom. The monoisotopic (exact) mass is 509 g/mol. The normalized spacial score (nSPS) is 20.9. The van der Waals surface area contributed by atoms with Gasteiger partial charge in [-0.2, -0.15) is 0 Å². The van der Waals surface area contributed by atoms with E-state index < -0.39 is 38.6 Å². The molecule has 4 N–H and O–H groups in total. The summed E-state index contributed by atoms with van der Waals surface area (Å²) < 4.78 is 27.7. The van der Waals surface area contributed by atoms with Gasteiger partial charge < -0.3 is 25.2 Å². The molecule has 1 heterocycles. The van der Waals surface area contributed by atoms with E-state index in [9.17, 15) is 19.4 Å². The summed E-state index contributed by atoms with van der Waals surface area (Å²) in [5, 5.41) is 21.2. The number of rotatable bonds is 23. The van der Waals surface area contributed by atoms with Crippen molar-refractivity contribution < 1.29 is 38.3 Å². The molecule has 202 valence electrons. The first-order valence-electron chi connectivity index (χ1n) is 13.2. The summed E-state index contributed by atoms with van der Waals surface area (Å²) in [6.07, 6.45) is 16.2. The molecule has 1 aliphatic heterocycles. The zero-order valence-electron chi connectivity index (χ0n) is 21.0. The number of ether oxygens (including phenoxy) is 1. The zero-order valence-corrected chi connectivity index (χ0v) is 21.9. The molecule has 4 atom stereocenters.